The lowest BCUT2D eigenvalue weighted by Crippen LogP contribution is -2.25. The standard InChI is InChI=1S/C24H23N3O2/c1-17-13-23(29-16-22-15-25-11-12-26-22)14-24(28)27(17)18(2)21-9-7-20(8-10-21)6-5-19-3-4-19/h7-15,18-19H,3-4,16H2,1-2H3/t18-/m1/s1. The number of benzene rings is 1. The first-order valence-corrected chi connectivity index (χ1v) is 9.82. The van der Waals surface area contributed by atoms with Gasteiger partial charge in [-0.15, -0.1) is 0 Å². The summed E-state index contributed by atoms with van der Waals surface area (Å²) in [6.07, 6.45) is 7.33. The Morgan fingerprint density at radius 3 is 2.66 bits per heavy atom. The van der Waals surface area contributed by atoms with Crippen LogP contribution in [0.25, 0.3) is 0 Å². The Balaban J connectivity index is 1.50. The lowest BCUT2D eigenvalue weighted by Gasteiger charge is -2.19. The summed E-state index contributed by atoms with van der Waals surface area (Å²) >= 11 is 0. The summed E-state index contributed by atoms with van der Waals surface area (Å²) in [7, 11) is 0. The third-order valence-electron chi connectivity index (χ3n) is 5.02. The molecule has 1 saturated carbocycles. The van der Waals surface area contributed by atoms with Crippen molar-refractivity contribution in [3.63, 3.8) is 0 Å². The summed E-state index contributed by atoms with van der Waals surface area (Å²) in [4.78, 5) is 21.0. The number of hydrogen-bond donors (Lipinski definition) is 0. The van der Waals surface area contributed by atoms with Gasteiger partial charge in [-0.3, -0.25) is 14.8 Å². The summed E-state index contributed by atoms with van der Waals surface area (Å²) in [6.45, 7) is 4.22. The van der Waals surface area contributed by atoms with Gasteiger partial charge in [0.2, 0.25) is 0 Å². The van der Waals surface area contributed by atoms with Crippen LogP contribution in [0.2, 0.25) is 0 Å². The first kappa shape index (κ1) is 18.9. The number of nitrogens with zero attached hydrogens (tertiary/aromatic N) is 3. The molecule has 2 aromatic heterocycles. The van der Waals surface area contributed by atoms with Gasteiger partial charge in [-0.2, -0.15) is 0 Å². The molecule has 1 atom stereocenters. The monoisotopic (exact) mass is 385 g/mol. The fraction of sp³-hybridized carbons (Fsp3) is 0.292. The van der Waals surface area contributed by atoms with Gasteiger partial charge in [0.25, 0.3) is 5.56 Å². The molecule has 4 rings (SSSR count). The van der Waals surface area contributed by atoms with Gasteiger partial charge in [0, 0.05) is 35.6 Å². The molecule has 5 nitrogen and oxygen atoms in total. The number of aromatic nitrogens is 3. The van der Waals surface area contributed by atoms with Crippen molar-refractivity contribution in [1.82, 2.24) is 14.5 Å². The largest absolute Gasteiger partial charge is 0.487 e. The highest BCUT2D eigenvalue weighted by Crippen LogP contribution is 2.27. The molecule has 0 amide bonds. The van der Waals surface area contributed by atoms with Gasteiger partial charge in [-0.1, -0.05) is 24.0 Å². The van der Waals surface area contributed by atoms with E-state index < -0.39 is 0 Å². The van der Waals surface area contributed by atoms with Crippen molar-refractivity contribution in [2.45, 2.75) is 39.3 Å². The fourth-order valence-corrected chi connectivity index (χ4v) is 3.23. The predicted octanol–water partition coefficient (Wildman–Crippen LogP) is 3.90. The lowest BCUT2D eigenvalue weighted by atomic mass is 10.1. The van der Waals surface area contributed by atoms with Gasteiger partial charge in [-0.05, 0) is 50.5 Å². The van der Waals surface area contributed by atoms with Crippen molar-refractivity contribution in [2.24, 2.45) is 5.92 Å². The molecule has 146 valence electrons. The lowest BCUT2D eigenvalue weighted by molar-refractivity contribution is 0.299. The smallest absolute Gasteiger partial charge is 0.254 e. The van der Waals surface area contributed by atoms with Crippen molar-refractivity contribution in [2.75, 3.05) is 0 Å². The number of aryl methyl sites for hydroxylation is 1. The Morgan fingerprint density at radius 2 is 2.00 bits per heavy atom. The molecule has 0 spiro atoms. The second kappa shape index (κ2) is 8.32. The maximum absolute atomic E-state index is 12.8. The molecule has 5 heteroatoms. The summed E-state index contributed by atoms with van der Waals surface area (Å²) in [5, 5.41) is 0. The Kier molecular flexibility index (Phi) is 5.44. The molecule has 1 aromatic carbocycles. The number of hydrogen-bond acceptors (Lipinski definition) is 4. The zero-order valence-corrected chi connectivity index (χ0v) is 16.6. The summed E-state index contributed by atoms with van der Waals surface area (Å²) < 4.78 is 7.51. The van der Waals surface area contributed by atoms with Crippen LogP contribution in [-0.2, 0) is 6.61 Å². The molecule has 0 unspecified atom stereocenters. The number of ether oxygens (including phenoxy) is 1. The highest BCUT2D eigenvalue weighted by molar-refractivity contribution is 5.38. The SMILES string of the molecule is Cc1cc(OCc2cnccn2)cc(=O)n1[C@H](C)c1ccc(C#CC2CC2)cc1. The van der Waals surface area contributed by atoms with E-state index in [1.807, 2.05) is 44.2 Å². The summed E-state index contributed by atoms with van der Waals surface area (Å²) in [6, 6.07) is 11.5. The first-order chi connectivity index (χ1) is 14.1. The molecule has 1 aliphatic rings. The van der Waals surface area contributed by atoms with Crippen molar-refractivity contribution in [3.8, 4) is 17.6 Å². The maximum Gasteiger partial charge on any atom is 0.254 e. The topological polar surface area (TPSA) is 57.0 Å². The van der Waals surface area contributed by atoms with E-state index in [0.717, 1.165) is 16.8 Å². The van der Waals surface area contributed by atoms with Crippen molar-refractivity contribution < 1.29 is 4.74 Å². The van der Waals surface area contributed by atoms with Crippen LogP contribution in [0.15, 0.2) is 59.8 Å². The first-order valence-electron chi connectivity index (χ1n) is 9.82. The Labute approximate surface area is 170 Å². The molecular weight excluding hydrogens is 362 g/mol. The second-order valence-electron chi connectivity index (χ2n) is 7.37. The van der Waals surface area contributed by atoms with Crippen molar-refractivity contribution >= 4 is 0 Å². The minimum Gasteiger partial charge on any atom is -0.487 e. The van der Waals surface area contributed by atoms with Crippen LogP contribution in [0.3, 0.4) is 0 Å². The van der Waals surface area contributed by atoms with E-state index in [2.05, 4.69) is 21.8 Å². The van der Waals surface area contributed by atoms with E-state index >= 15 is 0 Å². The summed E-state index contributed by atoms with van der Waals surface area (Å²) in [5.74, 6) is 7.62. The summed E-state index contributed by atoms with van der Waals surface area (Å²) in [5.41, 5.74) is 3.55. The van der Waals surface area contributed by atoms with Crippen LogP contribution >= 0.6 is 0 Å². The van der Waals surface area contributed by atoms with Crippen molar-refractivity contribution in [3.05, 3.63) is 87.9 Å². The van der Waals surface area contributed by atoms with E-state index in [1.165, 1.54) is 18.9 Å². The van der Waals surface area contributed by atoms with Gasteiger partial charge in [-0.25, -0.2) is 0 Å². The minimum absolute atomic E-state index is 0.0815. The molecule has 3 aromatic rings. The molecule has 1 aliphatic carbocycles. The molecule has 0 bridgehead atoms. The highest BCUT2D eigenvalue weighted by Gasteiger charge is 2.18. The molecule has 29 heavy (non-hydrogen) atoms. The van der Waals surface area contributed by atoms with E-state index in [9.17, 15) is 4.79 Å². The maximum atomic E-state index is 12.8. The van der Waals surface area contributed by atoms with Gasteiger partial charge in [0.15, 0.2) is 0 Å². The van der Waals surface area contributed by atoms with Gasteiger partial charge in [0.05, 0.1) is 17.9 Å². The van der Waals surface area contributed by atoms with Crippen molar-refractivity contribution in [1.29, 1.82) is 0 Å². The third-order valence-corrected chi connectivity index (χ3v) is 5.02. The molecular formula is C24H23N3O2. The third kappa shape index (κ3) is 4.72. The minimum atomic E-state index is -0.0933. The molecule has 0 saturated heterocycles. The van der Waals surface area contributed by atoms with E-state index in [4.69, 9.17) is 4.74 Å². The highest BCUT2D eigenvalue weighted by atomic mass is 16.5. The zero-order valence-electron chi connectivity index (χ0n) is 16.6. The van der Waals surface area contributed by atoms with Gasteiger partial charge in [0.1, 0.15) is 12.4 Å². The van der Waals surface area contributed by atoms with E-state index in [0.29, 0.717) is 17.4 Å². The van der Waals surface area contributed by atoms with Gasteiger partial charge >= 0.3 is 0 Å². The molecule has 2 heterocycles. The van der Waals surface area contributed by atoms with Crippen LogP contribution in [0.4, 0.5) is 0 Å². The van der Waals surface area contributed by atoms with Crippen LogP contribution in [-0.4, -0.2) is 14.5 Å². The average molecular weight is 385 g/mol. The van der Waals surface area contributed by atoms with E-state index in [1.54, 1.807) is 23.2 Å². The van der Waals surface area contributed by atoms with Crippen LogP contribution in [0.5, 0.6) is 5.75 Å². The molecule has 0 radical (unpaired) electrons. The molecule has 0 aliphatic heterocycles. The second-order valence-corrected chi connectivity index (χ2v) is 7.37. The van der Waals surface area contributed by atoms with Crippen LogP contribution < -0.4 is 10.3 Å². The Hall–Kier alpha value is -3.39. The van der Waals surface area contributed by atoms with E-state index in [-0.39, 0.29) is 18.2 Å². The number of rotatable bonds is 5. The van der Waals surface area contributed by atoms with Crippen LogP contribution in [0, 0.1) is 24.7 Å². The zero-order chi connectivity index (χ0) is 20.2. The Bertz CT molecular complexity index is 1100. The molecule has 1 fully saturated rings. The van der Waals surface area contributed by atoms with Crippen LogP contribution in [0.1, 0.15) is 48.3 Å². The molecule has 0 N–H and O–H groups in total. The predicted molar refractivity (Wildman–Crippen MR) is 112 cm³/mol. The average Bonchev–Trinajstić information content (AvgIpc) is 3.56. The normalized spacial score (nSPS) is 14.0. The fourth-order valence-electron chi connectivity index (χ4n) is 3.23. The Morgan fingerprint density at radius 1 is 1.21 bits per heavy atom. The number of pyridine rings is 1. The van der Waals surface area contributed by atoms with Gasteiger partial charge < -0.3 is 9.30 Å². The quantitative estimate of drug-likeness (QED) is 0.625.